The fourth-order valence-electron chi connectivity index (χ4n) is 3.20. The Morgan fingerprint density at radius 3 is 1.97 bits per heavy atom. The highest BCUT2D eigenvalue weighted by Gasteiger charge is 2.11. The second kappa shape index (κ2) is 18.8. The number of ether oxygens (including phenoxy) is 1. The molecular weight excluding hydrogens is 478 g/mol. The van der Waals surface area contributed by atoms with E-state index in [-0.39, 0.29) is 0 Å². The molecule has 0 N–H and O–H groups in total. The van der Waals surface area contributed by atoms with Gasteiger partial charge in [-0.25, -0.2) is 0 Å². The number of anilines is 1. The van der Waals surface area contributed by atoms with Crippen LogP contribution in [0.1, 0.15) is 84.5 Å². The third kappa shape index (κ3) is 14.9. The summed E-state index contributed by atoms with van der Waals surface area (Å²) in [5.41, 5.74) is 8.27. The highest BCUT2D eigenvalue weighted by molar-refractivity contribution is 5.76. The lowest BCUT2D eigenvalue weighted by Crippen LogP contribution is -2.07. The summed E-state index contributed by atoms with van der Waals surface area (Å²) in [5.74, 6) is 0.840. The van der Waals surface area contributed by atoms with Gasteiger partial charge < -0.3 is 4.74 Å². The van der Waals surface area contributed by atoms with Gasteiger partial charge in [0.25, 0.3) is 0 Å². The minimum Gasteiger partial charge on any atom is -0.496 e. The Balaban J connectivity index is 0.000000623. The molecule has 2 aromatic carbocycles. The number of aryl methyl sites for hydroxylation is 1. The van der Waals surface area contributed by atoms with Gasteiger partial charge in [-0.15, -0.1) is 0 Å². The van der Waals surface area contributed by atoms with Crippen molar-refractivity contribution in [2.75, 3.05) is 19.2 Å². The van der Waals surface area contributed by atoms with Gasteiger partial charge in [0, 0.05) is 31.6 Å². The number of allylic oxidation sites excluding steroid dienone is 1. The van der Waals surface area contributed by atoms with E-state index in [1.165, 1.54) is 36.0 Å². The fourth-order valence-corrected chi connectivity index (χ4v) is 3.20. The Labute approximate surface area is 239 Å². The number of nitrogens with zero attached hydrogens (tertiary/aromatic N) is 3. The van der Waals surface area contributed by atoms with Crippen molar-refractivity contribution in [3.8, 4) is 16.9 Å². The molecule has 0 atom stereocenters. The summed E-state index contributed by atoms with van der Waals surface area (Å²) in [6.45, 7) is 26.7. The number of pyridine rings is 1. The van der Waals surface area contributed by atoms with Crippen molar-refractivity contribution in [3.63, 3.8) is 0 Å². The number of methoxy groups -OCH3 is 1. The van der Waals surface area contributed by atoms with E-state index in [2.05, 4.69) is 103 Å². The average molecular weight is 532 g/mol. The summed E-state index contributed by atoms with van der Waals surface area (Å²) in [7, 11) is 3.55. The SMILES string of the molecule is C=C(C)c1ccccn1.C=NN(C)c1ccc(-c2cccc(C)c2C)c(OC)c1.CC(C)(C)C.CCCCC. The van der Waals surface area contributed by atoms with Crippen molar-refractivity contribution in [3.05, 3.63) is 84.2 Å². The Bertz CT molecular complexity index is 1110. The molecular formula is C35H53N3O. The van der Waals surface area contributed by atoms with Crippen LogP contribution in [-0.4, -0.2) is 25.9 Å². The molecule has 0 spiro atoms. The van der Waals surface area contributed by atoms with E-state index < -0.39 is 0 Å². The quantitative estimate of drug-likeness (QED) is 0.225. The van der Waals surface area contributed by atoms with Crippen LogP contribution in [0.5, 0.6) is 5.75 Å². The summed E-state index contributed by atoms with van der Waals surface area (Å²) in [4.78, 5) is 4.08. The number of rotatable bonds is 7. The van der Waals surface area contributed by atoms with Crippen molar-refractivity contribution in [1.29, 1.82) is 0 Å². The molecule has 3 rings (SSSR count). The monoisotopic (exact) mass is 531 g/mol. The van der Waals surface area contributed by atoms with Gasteiger partial charge in [-0.2, -0.15) is 5.10 Å². The summed E-state index contributed by atoms with van der Waals surface area (Å²) in [6.07, 6.45) is 5.84. The minimum atomic E-state index is 0.500. The van der Waals surface area contributed by atoms with Crippen molar-refractivity contribution < 1.29 is 4.74 Å². The molecule has 1 heterocycles. The highest BCUT2D eigenvalue weighted by atomic mass is 16.5. The molecule has 0 fully saturated rings. The smallest absolute Gasteiger partial charge is 0.128 e. The number of hydrogen-bond acceptors (Lipinski definition) is 4. The molecule has 0 aliphatic rings. The van der Waals surface area contributed by atoms with Crippen LogP contribution in [-0.2, 0) is 0 Å². The lowest BCUT2D eigenvalue weighted by atomic mass is 9.96. The Morgan fingerprint density at radius 1 is 0.949 bits per heavy atom. The summed E-state index contributed by atoms with van der Waals surface area (Å²) in [6, 6.07) is 18.2. The number of aromatic nitrogens is 1. The second-order valence-corrected chi connectivity index (χ2v) is 11.1. The number of hydrazone groups is 1. The van der Waals surface area contributed by atoms with Gasteiger partial charge in [-0.1, -0.05) is 91.6 Å². The van der Waals surface area contributed by atoms with Crippen LogP contribution < -0.4 is 9.75 Å². The van der Waals surface area contributed by atoms with Crippen LogP contribution in [0.15, 0.2) is 72.5 Å². The maximum atomic E-state index is 5.54. The first-order valence-electron chi connectivity index (χ1n) is 13.8. The first-order valence-corrected chi connectivity index (χ1v) is 13.8. The molecule has 0 saturated carbocycles. The zero-order chi connectivity index (χ0) is 30.0. The molecule has 3 aromatic rings. The van der Waals surface area contributed by atoms with Crippen LogP contribution in [0.3, 0.4) is 0 Å². The second-order valence-electron chi connectivity index (χ2n) is 11.1. The predicted octanol–water partition coefficient (Wildman–Crippen LogP) is 10.4. The summed E-state index contributed by atoms with van der Waals surface area (Å²) >= 11 is 0. The zero-order valence-electron chi connectivity index (χ0n) is 26.6. The first-order chi connectivity index (χ1) is 18.3. The number of benzene rings is 2. The van der Waals surface area contributed by atoms with E-state index >= 15 is 0 Å². The molecule has 4 heteroatoms. The van der Waals surface area contributed by atoms with E-state index in [0.717, 1.165) is 28.3 Å². The van der Waals surface area contributed by atoms with Crippen LogP contribution in [0.25, 0.3) is 16.7 Å². The Hall–Kier alpha value is -3.40. The maximum absolute atomic E-state index is 5.54. The largest absolute Gasteiger partial charge is 0.496 e. The molecule has 4 nitrogen and oxygen atoms in total. The molecule has 39 heavy (non-hydrogen) atoms. The van der Waals surface area contributed by atoms with Crippen LogP contribution >= 0.6 is 0 Å². The normalized spacial score (nSPS) is 9.92. The molecule has 0 aliphatic heterocycles. The van der Waals surface area contributed by atoms with Gasteiger partial charge in [0.15, 0.2) is 0 Å². The molecule has 0 bridgehead atoms. The van der Waals surface area contributed by atoms with Crippen LogP contribution in [0, 0.1) is 19.3 Å². The molecule has 0 aliphatic carbocycles. The molecule has 214 valence electrons. The zero-order valence-corrected chi connectivity index (χ0v) is 26.6. The predicted molar refractivity (Wildman–Crippen MR) is 175 cm³/mol. The summed E-state index contributed by atoms with van der Waals surface area (Å²) in [5, 5.41) is 5.61. The van der Waals surface area contributed by atoms with Gasteiger partial charge in [-0.05, 0) is 72.7 Å². The van der Waals surface area contributed by atoms with E-state index in [4.69, 9.17) is 4.74 Å². The van der Waals surface area contributed by atoms with Gasteiger partial charge in [0.1, 0.15) is 5.75 Å². The molecule has 0 amide bonds. The third-order valence-corrected chi connectivity index (χ3v) is 5.47. The lowest BCUT2D eigenvalue weighted by molar-refractivity contribution is 0.416. The van der Waals surface area contributed by atoms with E-state index in [1.54, 1.807) is 18.3 Å². The highest BCUT2D eigenvalue weighted by Crippen LogP contribution is 2.35. The van der Waals surface area contributed by atoms with Gasteiger partial charge in [-0.3, -0.25) is 9.99 Å². The van der Waals surface area contributed by atoms with Crippen molar-refractivity contribution in [2.45, 2.75) is 81.6 Å². The van der Waals surface area contributed by atoms with E-state index in [0.29, 0.717) is 5.41 Å². The van der Waals surface area contributed by atoms with Crippen molar-refractivity contribution in [2.24, 2.45) is 10.5 Å². The maximum Gasteiger partial charge on any atom is 0.128 e. The van der Waals surface area contributed by atoms with E-state index in [9.17, 15) is 0 Å². The van der Waals surface area contributed by atoms with Crippen LogP contribution in [0.2, 0.25) is 0 Å². The van der Waals surface area contributed by atoms with E-state index in [1.807, 2.05) is 44.3 Å². The van der Waals surface area contributed by atoms with Crippen LogP contribution in [0.4, 0.5) is 5.69 Å². The first kappa shape index (κ1) is 35.6. The molecule has 0 unspecified atom stereocenters. The number of unbranched alkanes of at least 4 members (excludes halogenated alkanes) is 2. The van der Waals surface area contributed by atoms with Gasteiger partial charge >= 0.3 is 0 Å². The van der Waals surface area contributed by atoms with Crippen molar-refractivity contribution in [1.82, 2.24) is 4.98 Å². The minimum absolute atomic E-state index is 0.500. The average Bonchev–Trinajstić information content (AvgIpc) is 2.90. The molecule has 0 radical (unpaired) electrons. The molecule has 1 aromatic heterocycles. The Kier molecular flexibility index (Phi) is 17.1. The lowest BCUT2D eigenvalue weighted by Gasteiger charge is -2.17. The topological polar surface area (TPSA) is 37.7 Å². The standard InChI is InChI=1S/C17H20N2O.C8H9N.2C5H12/c1-12-7-6-8-15(13(12)2)16-10-9-14(19(4)18-3)11-17(16)20-5;1-7(2)8-5-3-4-6-9-8;1-5(2,3)4;1-3-5-4-2/h6-11H,3H2,1-2,4-5H3;3-6H,1H2,2H3;1-4H3;3-5H2,1-2H3. The van der Waals surface area contributed by atoms with Gasteiger partial charge in [0.2, 0.25) is 0 Å². The number of hydrogen-bond donors (Lipinski definition) is 0. The van der Waals surface area contributed by atoms with Gasteiger partial charge in [0.05, 0.1) is 18.5 Å². The third-order valence-electron chi connectivity index (χ3n) is 5.47. The van der Waals surface area contributed by atoms with Crippen molar-refractivity contribution >= 4 is 18.0 Å². The Morgan fingerprint density at radius 2 is 1.56 bits per heavy atom. The summed E-state index contributed by atoms with van der Waals surface area (Å²) < 4.78 is 5.54. The fraction of sp³-hybridized carbons (Fsp3) is 0.429. The molecule has 0 saturated heterocycles.